The molecule has 0 aliphatic heterocycles. The summed E-state index contributed by atoms with van der Waals surface area (Å²) in [5.41, 5.74) is 0.764. The number of sulfonamides is 1. The second kappa shape index (κ2) is 6.67. The summed E-state index contributed by atoms with van der Waals surface area (Å²) in [6, 6.07) is 5.22. The third kappa shape index (κ3) is 4.62. The lowest BCUT2D eigenvalue weighted by Crippen LogP contribution is -2.29. The minimum absolute atomic E-state index is 0.124. The van der Waals surface area contributed by atoms with Crippen LogP contribution in [0.25, 0.3) is 0 Å². The zero-order valence-corrected chi connectivity index (χ0v) is 12.4. The van der Waals surface area contributed by atoms with Gasteiger partial charge in [0.15, 0.2) is 0 Å². The van der Waals surface area contributed by atoms with Crippen molar-refractivity contribution in [2.75, 3.05) is 13.7 Å². The van der Waals surface area contributed by atoms with Crippen molar-refractivity contribution in [3.8, 4) is 5.75 Å². The third-order valence-corrected chi connectivity index (χ3v) is 4.56. The second-order valence-corrected chi connectivity index (χ2v) is 6.62. The lowest BCUT2D eigenvalue weighted by molar-refractivity contribution is 0.153. The van der Waals surface area contributed by atoms with Gasteiger partial charge >= 0.3 is 0 Å². The first kappa shape index (κ1) is 16.1. The molecule has 118 valence electrons. The van der Waals surface area contributed by atoms with E-state index in [0.717, 1.165) is 18.4 Å². The zero-order valence-electron chi connectivity index (χ0n) is 11.6. The van der Waals surface area contributed by atoms with Gasteiger partial charge in [0, 0.05) is 12.6 Å². The topological polar surface area (TPSA) is 67.4 Å². The monoisotopic (exact) mass is 320 g/mol. The van der Waals surface area contributed by atoms with E-state index in [4.69, 9.17) is 4.74 Å². The van der Waals surface area contributed by atoms with E-state index in [2.05, 4.69) is 5.32 Å². The zero-order chi connectivity index (χ0) is 15.5. The lowest BCUT2D eigenvalue weighted by Gasteiger charge is -2.12. The Morgan fingerprint density at radius 2 is 2.10 bits per heavy atom. The summed E-state index contributed by atoms with van der Waals surface area (Å²) in [5.74, 6) is 0.131. The number of halogens is 2. The number of rotatable bonds is 8. The van der Waals surface area contributed by atoms with Crippen LogP contribution in [0.15, 0.2) is 23.1 Å². The van der Waals surface area contributed by atoms with Crippen molar-refractivity contribution < 1.29 is 21.9 Å². The number of methoxy groups -OCH3 is 1. The summed E-state index contributed by atoms with van der Waals surface area (Å²) >= 11 is 0. The van der Waals surface area contributed by atoms with Gasteiger partial charge in [-0.15, -0.1) is 0 Å². The van der Waals surface area contributed by atoms with Crippen LogP contribution >= 0.6 is 0 Å². The number of ether oxygens (including phenoxy) is 1. The van der Waals surface area contributed by atoms with Crippen LogP contribution in [0.4, 0.5) is 8.78 Å². The van der Waals surface area contributed by atoms with Crippen LogP contribution in [0.1, 0.15) is 18.4 Å². The fourth-order valence-corrected chi connectivity index (χ4v) is 3.06. The third-order valence-electron chi connectivity index (χ3n) is 3.12. The van der Waals surface area contributed by atoms with Crippen molar-refractivity contribution in [3.63, 3.8) is 0 Å². The molecule has 0 saturated heterocycles. The maximum Gasteiger partial charge on any atom is 0.251 e. The van der Waals surface area contributed by atoms with Gasteiger partial charge in [-0.1, -0.05) is 6.07 Å². The lowest BCUT2D eigenvalue weighted by atomic mass is 10.2. The molecule has 0 radical (unpaired) electrons. The van der Waals surface area contributed by atoms with E-state index < -0.39 is 23.0 Å². The van der Waals surface area contributed by atoms with E-state index in [1.54, 1.807) is 6.07 Å². The number of alkyl halides is 2. The van der Waals surface area contributed by atoms with E-state index >= 15 is 0 Å². The molecule has 5 nitrogen and oxygen atoms in total. The molecule has 0 bridgehead atoms. The molecular weight excluding hydrogens is 302 g/mol. The molecule has 0 heterocycles. The molecule has 0 atom stereocenters. The van der Waals surface area contributed by atoms with Crippen molar-refractivity contribution in [1.29, 1.82) is 0 Å². The van der Waals surface area contributed by atoms with Crippen LogP contribution in [0.3, 0.4) is 0 Å². The predicted molar refractivity (Wildman–Crippen MR) is 74.0 cm³/mol. The molecule has 1 aliphatic rings. The summed E-state index contributed by atoms with van der Waals surface area (Å²) in [6.07, 6.45) is -0.500. The summed E-state index contributed by atoms with van der Waals surface area (Å²) in [4.78, 5) is -0.124. The molecule has 1 aromatic rings. The molecule has 1 aliphatic carbocycles. The highest BCUT2D eigenvalue weighted by molar-refractivity contribution is 7.89. The Bertz CT molecular complexity index is 589. The highest BCUT2D eigenvalue weighted by Crippen LogP contribution is 2.26. The molecule has 0 spiro atoms. The Morgan fingerprint density at radius 1 is 1.38 bits per heavy atom. The van der Waals surface area contributed by atoms with Crippen LogP contribution in [0.2, 0.25) is 0 Å². The van der Waals surface area contributed by atoms with Gasteiger partial charge in [0.05, 0.1) is 13.7 Å². The molecule has 1 saturated carbocycles. The fourth-order valence-electron chi connectivity index (χ4n) is 1.84. The largest absolute Gasteiger partial charge is 0.495 e. The number of hydrogen-bond acceptors (Lipinski definition) is 4. The number of hydrogen-bond donors (Lipinski definition) is 2. The minimum Gasteiger partial charge on any atom is -0.495 e. The molecule has 8 heteroatoms. The molecule has 2 rings (SSSR count). The Labute approximate surface area is 122 Å². The van der Waals surface area contributed by atoms with Crippen molar-refractivity contribution in [3.05, 3.63) is 23.8 Å². The van der Waals surface area contributed by atoms with Gasteiger partial charge in [-0.3, -0.25) is 0 Å². The number of benzene rings is 1. The van der Waals surface area contributed by atoms with E-state index in [-0.39, 0.29) is 10.6 Å². The van der Waals surface area contributed by atoms with Gasteiger partial charge in [0.2, 0.25) is 10.0 Å². The average molecular weight is 320 g/mol. The Morgan fingerprint density at radius 3 is 2.67 bits per heavy atom. The van der Waals surface area contributed by atoms with Gasteiger partial charge in [-0.2, -0.15) is 0 Å². The molecule has 0 unspecified atom stereocenters. The average Bonchev–Trinajstić information content (AvgIpc) is 3.27. The first-order chi connectivity index (χ1) is 9.92. The van der Waals surface area contributed by atoms with Crippen LogP contribution in [0.5, 0.6) is 5.75 Å². The van der Waals surface area contributed by atoms with E-state index in [1.165, 1.54) is 19.2 Å². The first-order valence-corrected chi connectivity index (χ1v) is 8.09. The van der Waals surface area contributed by atoms with E-state index in [1.807, 2.05) is 4.72 Å². The minimum atomic E-state index is -4.03. The second-order valence-electron chi connectivity index (χ2n) is 4.88. The van der Waals surface area contributed by atoms with Gasteiger partial charge < -0.3 is 10.1 Å². The highest BCUT2D eigenvalue weighted by atomic mass is 32.2. The Balaban J connectivity index is 2.19. The van der Waals surface area contributed by atoms with Crippen molar-refractivity contribution in [2.24, 2.45) is 0 Å². The summed E-state index contributed by atoms with van der Waals surface area (Å²) < 4.78 is 55.4. The fraction of sp³-hybridized carbons (Fsp3) is 0.538. The van der Waals surface area contributed by atoms with Crippen LogP contribution in [0, 0.1) is 0 Å². The van der Waals surface area contributed by atoms with Crippen LogP contribution in [-0.4, -0.2) is 34.5 Å². The molecule has 0 amide bonds. The van der Waals surface area contributed by atoms with Crippen molar-refractivity contribution >= 4 is 10.0 Å². The number of nitrogens with one attached hydrogen (secondary N) is 2. The summed E-state index contributed by atoms with van der Waals surface area (Å²) in [6.45, 7) is -0.387. The molecule has 1 fully saturated rings. The van der Waals surface area contributed by atoms with Gasteiger partial charge in [-0.05, 0) is 30.5 Å². The summed E-state index contributed by atoms with van der Waals surface area (Å²) in [5, 5.41) is 3.26. The SMILES string of the molecule is COc1ccc(CNC2CC2)cc1S(=O)(=O)NCC(F)F. The Hall–Kier alpha value is -1.25. The van der Waals surface area contributed by atoms with Crippen LogP contribution < -0.4 is 14.8 Å². The standard InChI is InChI=1S/C13H18F2N2O3S/c1-20-11-5-2-9(7-16-10-3-4-10)6-12(11)21(18,19)17-8-13(14)15/h2,5-6,10,13,16-17H,3-4,7-8H2,1H3. The van der Waals surface area contributed by atoms with Gasteiger partial charge in [0.25, 0.3) is 6.43 Å². The van der Waals surface area contributed by atoms with Crippen LogP contribution in [-0.2, 0) is 16.6 Å². The molecule has 2 N–H and O–H groups in total. The van der Waals surface area contributed by atoms with E-state index in [9.17, 15) is 17.2 Å². The molecular formula is C13H18F2N2O3S. The van der Waals surface area contributed by atoms with Crippen molar-refractivity contribution in [2.45, 2.75) is 36.7 Å². The maximum absolute atomic E-state index is 12.2. The highest BCUT2D eigenvalue weighted by Gasteiger charge is 2.23. The van der Waals surface area contributed by atoms with Crippen molar-refractivity contribution in [1.82, 2.24) is 10.0 Å². The smallest absolute Gasteiger partial charge is 0.251 e. The van der Waals surface area contributed by atoms with Gasteiger partial charge in [0.1, 0.15) is 10.6 Å². The van der Waals surface area contributed by atoms with Gasteiger partial charge in [-0.25, -0.2) is 21.9 Å². The normalized spacial score (nSPS) is 15.4. The maximum atomic E-state index is 12.2. The summed E-state index contributed by atoms with van der Waals surface area (Å²) in [7, 11) is -2.69. The Kier molecular flexibility index (Phi) is 5.13. The van der Waals surface area contributed by atoms with E-state index in [0.29, 0.717) is 12.6 Å². The first-order valence-electron chi connectivity index (χ1n) is 6.60. The molecule has 21 heavy (non-hydrogen) atoms. The quantitative estimate of drug-likeness (QED) is 0.761. The predicted octanol–water partition coefficient (Wildman–Crippen LogP) is 1.49. The molecule has 0 aromatic heterocycles. The molecule has 1 aromatic carbocycles.